The maximum Gasteiger partial charge on any atom is 0.0642 e. The van der Waals surface area contributed by atoms with E-state index in [2.05, 4.69) is 30.1 Å². The molecule has 0 radical (unpaired) electrons. The molecule has 0 aromatic rings. The maximum atomic E-state index is 5.28. The molecule has 12 heavy (non-hydrogen) atoms. The fourth-order valence-corrected chi connectivity index (χ4v) is 1.38. The number of morpholine rings is 1. The molecule has 0 amide bonds. The van der Waals surface area contributed by atoms with Gasteiger partial charge in [0.05, 0.1) is 13.2 Å². The van der Waals surface area contributed by atoms with Gasteiger partial charge >= 0.3 is 0 Å². The van der Waals surface area contributed by atoms with Crippen LogP contribution in [0.2, 0.25) is 0 Å². The molecule has 2 nitrogen and oxygen atoms in total. The molecule has 0 spiro atoms. The Morgan fingerprint density at radius 2 is 1.92 bits per heavy atom. The summed E-state index contributed by atoms with van der Waals surface area (Å²) in [5.41, 5.74) is 1.31. The van der Waals surface area contributed by atoms with Crippen LogP contribution in [0.15, 0.2) is 23.9 Å². The Hall–Kier alpha value is -0.760. The van der Waals surface area contributed by atoms with Crippen molar-refractivity contribution in [2.75, 3.05) is 26.3 Å². The van der Waals surface area contributed by atoms with Crippen molar-refractivity contribution in [2.45, 2.75) is 13.8 Å². The van der Waals surface area contributed by atoms with E-state index in [9.17, 15) is 0 Å². The van der Waals surface area contributed by atoms with Crippen LogP contribution in [-0.4, -0.2) is 31.2 Å². The van der Waals surface area contributed by atoms with Gasteiger partial charge in [0.1, 0.15) is 0 Å². The predicted molar refractivity (Wildman–Crippen MR) is 51.0 cm³/mol. The SMILES string of the molecule is CC=CC(=CC)N1CCOCC1. The Bertz CT molecular complexity index is 178. The van der Waals surface area contributed by atoms with Crippen LogP contribution >= 0.6 is 0 Å². The van der Waals surface area contributed by atoms with E-state index in [4.69, 9.17) is 4.74 Å². The summed E-state index contributed by atoms with van der Waals surface area (Å²) in [5.74, 6) is 0. The van der Waals surface area contributed by atoms with Gasteiger partial charge in [-0.05, 0) is 19.9 Å². The lowest BCUT2D eigenvalue weighted by atomic mass is 10.3. The van der Waals surface area contributed by atoms with Crippen LogP contribution in [0.25, 0.3) is 0 Å². The molecule has 0 bridgehead atoms. The molecule has 0 aliphatic carbocycles. The van der Waals surface area contributed by atoms with Gasteiger partial charge < -0.3 is 9.64 Å². The van der Waals surface area contributed by atoms with Crippen LogP contribution in [0.1, 0.15) is 13.8 Å². The van der Waals surface area contributed by atoms with Crippen molar-refractivity contribution in [1.29, 1.82) is 0 Å². The van der Waals surface area contributed by atoms with Gasteiger partial charge in [0.25, 0.3) is 0 Å². The van der Waals surface area contributed by atoms with Crippen LogP contribution in [-0.2, 0) is 4.74 Å². The summed E-state index contributed by atoms with van der Waals surface area (Å²) in [6, 6.07) is 0. The van der Waals surface area contributed by atoms with E-state index in [1.807, 2.05) is 6.92 Å². The molecular formula is C10H17NO. The fraction of sp³-hybridized carbons (Fsp3) is 0.600. The third-order valence-electron chi connectivity index (χ3n) is 2.01. The first-order chi connectivity index (χ1) is 5.88. The summed E-state index contributed by atoms with van der Waals surface area (Å²) in [5, 5.41) is 0. The Morgan fingerprint density at radius 1 is 1.25 bits per heavy atom. The highest BCUT2D eigenvalue weighted by Crippen LogP contribution is 2.08. The minimum absolute atomic E-state index is 0.856. The molecule has 1 heterocycles. The van der Waals surface area contributed by atoms with Crippen LogP contribution in [0.3, 0.4) is 0 Å². The highest BCUT2D eigenvalue weighted by molar-refractivity contribution is 5.16. The Morgan fingerprint density at radius 3 is 2.42 bits per heavy atom. The van der Waals surface area contributed by atoms with E-state index in [1.54, 1.807) is 0 Å². The standard InChI is InChI=1S/C10H17NO/c1-3-5-10(4-2)11-6-8-12-9-7-11/h3-5H,6-9H2,1-2H3. The van der Waals surface area contributed by atoms with Gasteiger partial charge in [-0.15, -0.1) is 0 Å². The average molecular weight is 167 g/mol. The van der Waals surface area contributed by atoms with Gasteiger partial charge in [-0.25, -0.2) is 0 Å². The van der Waals surface area contributed by atoms with Gasteiger partial charge in [-0.2, -0.15) is 0 Å². The number of rotatable bonds is 2. The van der Waals surface area contributed by atoms with E-state index < -0.39 is 0 Å². The molecule has 1 aliphatic heterocycles. The molecule has 0 unspecified atom stereocenters. The van der Waals surface area contributed by atoms with Crippen molar-refractivity contribution in [2.24, 2.45) is 0 Å². The van der Waals surface area contributed by atoms with E-state index in [0.29, 0.717) is 0 Å². The zero-order valence-corrected chi connectivity index (χ0v) is 7.92. The molecule has 0 saturated carbocycles. The summed E-state index contributed by atoms with van der Waals surface area (Å²) >= 11 is 0. The normalized spacial score (nSPS) is 20.5. The number of nitrogens with zero attached hydrogens (tertiary/aromatic N) is 1. The van der Waals surface area contributed by atoms with Crippen molar-refractivity contribution >= 4 is 0 Å². The monoisotopic (exact) mass is 167 g/mol. The fourth-order valence-electron chi connectivity index (χ4n) is 1.38. The zero-order chi connectivity index (χ0) is 8.81. The maximum absolute atomic E-state index is 5.28. The molecule has 1 saturated heterocycles. The van der Waals surface area contributed by atoms with Crippen LogP contribution in [0, 0.1) is 0 Å². The summed E-state index contributed by atoms with van der Waals surface area (Å²) in [4.78, 5) is 2.35. The molecular weight excluding hydrogens is 150 g/mol. The molecule has 68 valence electrons. The number of hydrogen-bond donors (Lipinski definition) is 0. The largest absolute Gasteiger partial charge is 0.378 e. The second-order valence-corrected chi connectivity index (χ2v) is 2.81. The summed E-state index contributed by atoms with van der Waals surface area (Å²) in [6.45, 7) is 7.87. The first kappa shape index (κ1) is 9.33. The Labute approximate surface area is 74.5 Å². The second-order valence-electron chi connectivity index (χ2n) is 2.81. The number of hydrogen-bond acceptors (Lipinski definition) is 2. The number of ether oxygens (including phenoxy) is 1. The first-order valence-corrected chi connectivity index (χ1v) is 4.50. The summed E-state index contributed by atoms with van der Waals surface area (Å²) in [6.07, 6.45) is 6.36. The van der Waals surface area contributed by atoms with E-state index >= 15 is 0 Å². The second kappa shape index (κ2) is 4.99. The van der Waals surface area contributed by atoms with Crippen LogP contribution in [0.5, 0.6) is 0 Å². The van der Waals surface area contributed by atoms with Gasteiger partial charge in [-0.3, -0.25) is 0 Å². The molecule has 0 aromatic carbocycles. The zero-order valence-electron chi connectivity index (χ0n) is 7.92. The summed E-state index contributed by atoms with van der Waals surface area (Å²) < 4.78 is 5.28. The third kappa shape index (κ3) is 2.38. The molecule has 0 aromatic heterocycles. The highest BCUT2D eigenvalue weighted by Gasteiger charge is 2.10. The molecule has 1 rings (SSSR count). The van der Waals surface area contributed by atoms with Gasteiger partial charge in [-0.1, -0.05) is 12.2 Å². The van der Waals surface area contributed by atoms with Crippen molar-refractivity contribution in [3.8, 4) is 0 Å². The smallest absolute Gasteiger partial charge is 0.0642 e. The summed E-state index contributed by atoms with van der Waals surface area (Å²) in [7, 11) is 0. The van der Waals surface area contributed by atoms with E-state index in [-0.39, 0.29) is 0 Å². The Kier molecular flexibility index (Phi) is 3.88. The van der Waals surface area contributed by atoms with Crippen molar-refractivity contribution in [3.63, 3.8) is 0 Å². The van der Waals surface area contributed by atoms with Crippen molar-refractivity contribution in [3.05, 3.63) is 23.9 Å². The van der Waals surface area contributed by atoms with Crippen molar-refractivity contribution in [1.82, 2.24) is 4.90 Å². The first-order valence-electron chi connectivity index (χ1n) is 4.50. The minimum atomic E-state index is 0.856. The highest BCUT2D eigenvalue weighted by atomic mass is 16.5. The lowest BCUT2D eigenvalue weighted by molar-refractivity contribution is 0.0553. The molecule has 0 atom stereocenters. The molecule has 1 aliphatic rings. The van der Waals surface area contributed by atoms with E-state index in [0.717, 1.165) is 26.3 Å². The molecule has 1 fully saturated rings. The lowest BCUT2D eigenvalue weighted by Gasteiger charge is -2.29. The molecule has 2 heteroatoms. The van der Waals surface area contributed by atoms with Crippen LogP contribution < -0.4 is 0 Å². The lowest BCUT2D eigenvalue weighted by Crippen LogP contribution is -2.35. The quantitative estimate of drug-likeness (QED) is 0.581. The van der Waals surface area contributed by atoms with Gasteiger partial charge in [0.2, 0.25) is 0 Å². The third-order valence-corrected chi connectivity index (χ3v) is 2.01. The van der Waals surface area contributed by atoms with Crippen LogP contribution in [0.4, 0.5) is 0 Å². The van der Waals surface area contributed by atoms with Gasteiger partial charge in [0, 0.05) is 18.8 Å². The topological polar surface area (TPSA) is 12.5 Å². The minimum Gasteiger partial charge on any atom is -0.378 e. The van der Waals surface area contributed by atoms with E-state index in [1.165, 1.54) is 5.70 Å². The Balaban J connectivity index is 2.52. The van der Waals surface area contributed by atoms with Gasteiger partial charge in [0.15, 0.2) is 0 Å². The molecule has 0 N–H and O–H groups in total. The number of allylic oxidation sites excluding steroid dienone is 3. The predicted octanol–water partition coefficient (Wildman–Crippen LogP) is 1.80. The van der Waals surface area contributed by atoms with Crippen molar-refractivity contribution < 1.29 is 4.74 Å². The average Bonchev–Trinajstić information content (AvgIpc) is 2.15.